The molecule has 28 heavy (non-hydrogen) atoms. The molecule has 0 aliphatic rings. The molecule has 0 radical (unpaired) electrons. The molecule has 0 atom stereocenters. The van der Waals surface area contributed by atoms with Gasteiger partial charge in [0.1, 0.15) is 0 Å². The number of fused-ring (bicyclic) bond motifs is 1. The summed E-state index contributed by atoms with van der Waals surface area (Å²) in [4.78, 5) is 8.03. The Labute approximate surface area is 166 Å². The van der Waals surface area contributed by atoms with E-state index in [0.29, 0.717) is 11.5 Å². The van der Waals surface area contributed by atoms with Gasteiger partial charge in [-0.1, -0.05) is 18.2 Å². The molecule has 3 N–H and O–H groups in total. The third-order valence-corrected chi connectivity index (χ3v) is 4.54. The molecular weight excluding hydrogens is 352 g/mol. The second kappa shape index (κ2) is 9.69. The zero-order valence-corrected chi connectivity index (χ0v) is 16.7. The third kappa shape index (κ3) is 4.76. The van der Waals surface area contributed by atoms with Crippen molar-refractivity contribution < 1.29 is 9.47 Å². The quantitative estimate of drug-likeness (QED) is 0.311. The van der Waals surface area contributed by atoms with Crippen LogP contribution in [0.3, 0.4) is 0 Å². The molecule has 0 aliphatic heterocycles. The molecule has 148 valence electrons. The van der Waals surface area contributed by atoms with Crippen molar-refractivity contribution in [3.8, 4) is 11.5 Å². The SMILES string of the molecule is CCNC(=NCCCc1c[nH]c2ccccc12)Nc1ccc(OC)c(OC)c1. The number of hydrogen-bond donors (Lipinski definition) is 3. The summed E-state index contributed by atoms with van der Waals surface area (Å²) in [6.45, 7) is 3.58. The number of nitrogens with zero attached hydrogens (tertiary/aromatic N) is 1. The van der Waals surface area contributed by atoms with Gasteiger partial charge >= 0.3 is 0 Å². The van der Waals surface area contributed by atoms with E-state index in [-0.39, 0.29) is 0 Å². The van der Waals surface area contributed by atoms with Crippen LogP contribution in [-0.4, -0.2) is 38.3 Å². The van der Waals surface area contributed by atoms with E-state index in [9.17, 15) is 0 Å². The zero-order valence-electron chi connectivity index (χ0n) is 16.7. The van der Waals surface area contributed by atoms with Gasteiger partial charge in [0.05, 0.1) is 14.2 Å². The van der Waals surface area contributed by atoms with E-state index in [1.165, 1.54) is 16.5 Å². The number of aromatic nitrogens is 1. The summed E-state index contributed by atoms with van der Waals surface area (Å²) in [6, 6.07) is 14.1. The third-order valence-electron chi connectivity index (χ3n) is 4.54. The van der Waals surface area contributed by atoms with E-state index in [2.05, 4.69) is 53.0 Å². The average Bonchev–Trinajstić information content (AvgIpc) is 3.14. The fourth-order valence-electron chi connectivity index (χ4n) is 3.16. The number of ether oxygens (including phenoxy) is 2. The number of aromatic amines is 1. The number of anilines is 1. The molecule has 0 saturated carbocycles. The first-order chi connectivity index (χ1) is 13.7. The molecule has 0 fully saturated rings. The minimum Gasteiger partial charge on any atom is -0.493 e. The van der Waals surface area contributed by atoms with E-state index in [4.69, 9.17) is 14.5 Å². The highest BCUT2D eigenvalue weighted by atomic mass is 16.5. The van der Waals surface area contributed by atoms with Crippen LogP contribution in [-0.2, 0) is 6.42 Å². The average molecular weight is 380 g/mol. The monoisotopic (exact) mass is 380 g/mol. The number of para-hydroxylation sites is 1. The molecule has 0 bridgehead atoms. The maximum absolute atomic E-state index is 5.37. The number of guanidine groups is 1. The molecule has 0 saturated heterocycles. The fourth-order valence-corrected chi connectivity index (χ4v) is 3.16. The molecule has 1 aromatic heterocycles. The lowest BCUT2D eigenvalue weighted by atomic mass is 10.1. The molecule has 6 heteroatoms. The Morgan fingerprint density at radius 2 is 1.89 bits per heavy atom. The largest absolute Gasteiger partial charge is 0.493 e. The minimum atomic E-state index is 0.683. The van der Waals surface area contributed by atoms with Gasteiger partial charge in [-0.15, -0.1) is 0 Å². The summed E-state index contributed by atoms with van der Waals surface area (Å²) in [6.07, 6.45) is 4.06. The smallest absolute Gasteiger partial charge is 0.195 e. The predicted octanol–water partition coefficient (Wildman–Crippen LogP) is 4.20. The fraction of sp³-hybridized carbons (Fsp3) is 0.318. The first-order valence-corrected chi connectivity index (χ1v) is 9.57. The highest BCUT2D eigenvalue weighted by molar-refractivity contribution is 5.94. The Morgan fingerprint density at radius 3 is 2.68 bits per heavy atom. The van der Waals surface area contributed by atoms with Crippen molar-refractivity contribution in [3.05, 3.63) is 54.2 Å². The van der Waals surface area contributed by atoms with Crippen LogP contribution in [0.2, 0.25) is 0 Å². The standard InChI is InChI=1S/C22H28N4O2/c1-4-23-22(26-17-11-12-20(27-2)21(14-17)28-3)24-13-7-8-16-15-25-19-10-6-5-9-18(16)19/h5-6,9-12,14-15,25H,4,7-8,13H2,1-3H3,(H2,23,24,26). The molecule has 3 aromatic rings. The van der Waals surface area contributed by atoms with Crippen LogP contribution in [0.5, 0.6) is 11.5 Å². The molecule has 0 amide bonds. The lowest BCUT2D eigenvalue weighted by Crippen LogP contribution is -2.30. The van der Waals surface area contributed by atoms with Crippen molar-refractivity contribution in [1.82, 2.24) is 10.3 Å². The second-order valence-corrected chi connectivity index (χ2v) is 6.42. The molecule has 6 nitrogen and oxygen atoms in total. The lowest BCUT2D eigenvalue weighted by molar-refractivity contribution is 0.355. The van der Waals surface area contributed by atoms with Crippen molar-refractivity contribution in [2.45, 2.75) is 19.8 Å². The van der Waals surface area contributed by atoms with E-state index < -0.39 is 0 Å². The topological polar surface area (TPSA) is 70.7 Å². The van der Waals surface area contributed by atoms with Crippen LogP contribution in [0.4, 0.5) is 5.69 Å². The van der Waals surface area contributed by atoms with Crippen molar-refractivity contribution in [2.75, 3.05) is 32.6 Å². The molecule has 1 heterocycles. The highest BCUT2D eigenvalue weighted by Gasteiger charge is 2.06. The number of aliphatic imine (C=N–C) groups is 1. The number of benzene rings is 2. The Hall–Kier alpha value is -3.15. The van der Waals surface area contributed by atoms with Gasteiger partial charge in [-0.25, -0.2) is 0 Å². The van der Waals surface area contributed by atoms with Gasteiger partial charge in [0, 0.05) is 41.9 Å². The second-order valence-electron chi connectivity index (χ2n) is 6.42. The van der Waals surface area contributed by atoms with Gasteiger partial charge < -0.3 is 25.1 Å². The van der Waals surface area contributed by atoms with Crippen LogP contribution >= 0.6 is 0 Å². The number of nitrogens with one attached hydrogen (secondary N) is 3. The number of H-pyrrole nitrogens is 1. The van der Waals surface area contributed by atoms with Gasteiger partial charge in [-0.2, -0.15) is 0 Å². The molecule has 0 unspecified atom stereocenters. The predicted molar refractivity (Wildman–Crippen MR) is 116 cm³/mol. The van der Waals surface area contributed by atoms with E-state index in [0.717, 1.165) is 37.6 Å². The van der Waals surface area contributed by atoms with E-state index >= 15 is 0 Å². The van der Waals surface area contributed by atoms with E-state index in [1.54, 1.807) is 14.2 Å². The van der Waals surface area contributed by atoms with Gasteiger partial charge in [0.15, 0.2) is 17.5 Å². The summed E-state index contributed by atoms with van der Waals surface area (Å²) in [5.74, 6) is 2.14. The van der Waals surface area contributed by atoms with Crippen LogP contribution in [0, 0.1) is 0 Å². The number of rotatable bonds is 8. The first-order valence-electron chi connectivity index (χ1n) is 9.57. The Kier molecular flexibility index (Phi) is 6.78. The molecule has 0 spiro atoms. The molecule has 3 rings (SSSR count). The summed E-state index contributed by atoms with van der Waals surface area (Å²) in [5, 5.41) is 7.90. The summed E-state index contributed by atoms with van der Waals surface area (Å²) in [7, 11) is 3.26. The van der Waals surface area contributed by atoms with Crippen LogP contribution in [0.25, 0.3) is 10.9 Å². The number of aryl methyl sites for hydroxylation is 1. The highest BCUT2D eigenvalue weighted by Crippen LogP contribution is 2.29. The first kappa shape index (κ1) is 19.6. The van der Waals surface area contributed by atoms with Crippen LogP contribution < -0.4 is 20.1 Å². The number of methoxy groups -OCH3 is 2. The van der Waals surface area contributed by atoms with Crippen LogP contribution in [0.1, 0.15) is 18.9 Å². The van der Waals surface area contributed by atoms with Gasteiger partial charge in [0.25, 0.3) is 0 Å². The Bertz CT molecular complexity index is 933. The van der Waals surface area contributed by atoms with Gasteiger partial charge in [0.2, 0.25) is 0 Å². The van der Waals surface area contributed by atoms with Crippen LogP contribution in [0.15, 0.2) is 53.7 Å². The molecule has 0 aliphatic carbocycles. The Balaban J connectivity index is 1.61. The molecular formula is C22H28N4O2. The van der Waals surface area contributed by atoms with Crippen molar-refractivity contribution >= 4 is 22.5 Å². The maximum Gasteiger partial charge on any atom is 0.195 e. The lowest BCUT2D eigenvalue weighted by Gasteiger charge is -2.13. The zero-order chi connectivity index (χ0) is 19.8. The van der Waals surface area contributed by atoms with E-state index in [1.807, 2.05) is 18.2 Å². The van der Waals surface area contributed by atoms with Crippen molar-refractivity contribution in [1.29, 1.82) is 0 Å². The maximum atomic E-state index is 5.37. The van der Waals surface area contributed by atoms with Crippen molar-refractivity contribution in [3.63, 3.8) is 0 Å². The molecule has 2 aromatic carbocycles. The van der Waals surface area contributed by atoms with Crippen molar-refractivity contribution in [2.24, 2.45) is 4.99 Å². The van der Waals surface area contributed by atoms with Gasteiger partial charge in [-0.05, 0) is 43.5 Å². The summed E-state index contributed by atoms with van der Waals surface area (Å²) in [5.41, 5.74) is 3.42. The van der Waals surface area contributed by atoms with Gasteiger partial charge in [-0.3, -0.25) is 4.99 Å². The summed E-state index contributed by atoms with van der Waals surface area (Å²) < 4.78 is 10.7. The number of hydrogen-bond acceptors (Lipinski definition) is 3. The normalized spacial score (nSPS) is 11.5. The minimum absolute atomic E-state index is 0.683. The summed E-state index contributed by atoms with van der Waals surface area (Å²) >= 11 is 0. The Morgan fingerprint density at radius 1 is 1.07 bits per heavy atom.